The van der Waals surface area contributed by atoms with Crippen LogP contribution in [-0.2, 0) is 14.8 Å². The average molecular weight is 342 g/mol. The predicted octanol–water partition coefficient (Wildman–Crippen LogP) is 1.63. The molecule has 0 aliphatic heterocycles. The number of hydrogen-bond acceptors (Lipinski definition) is 4. The minimum atomic E-state index is -4.18. The van der Waals surface area contributed by atoms with Crippen LogP contribution in [0.2, 0.25) is 0 Å². The lowest BCUT2D eigenvalue weighted by molar-refractivity contribution is -0.119. The van der Waals surface area contributed by atoms with Crippen LogP contribution in [0.3, 0.4) is 0 Å². The van der Waals surface area contributed by atoms with Gasteiger partial charge in [0, 0.05) is 0 Å². The van der Waals surface area contributed by atoms with Crippen molar-refractivity contribution >= 4 is 21.6 Å². The van der Waals surface area contributed by atoms with Crippen LogP contribution in [0.4, 0.5) is 14.5 Å². The fourth-order valence-electron chi connectivity index (χ4n) is 1.66. The molecule has 0 unspecified atom stereocenters. The molecule has 23 heavy (non-hydrogen) atoms. The number of hydrogen-bond donors (Lipinski definition) is 2. The highest BCUT2D eigenvalue weighted by atomic mass is 32.2. The highest BCUT2D eigenvalue weighted by molar-refractivity contribution is 7.92. The van der Waals surface area contributed by atoms with Crippen molar-refractivity contribution in [3.05, 3.63) is 54.1 Å². The average Bonchev–Trinajstić information content (AvgIpc) is 2.49. The van der Waals surface area contributed by atoms with E-state index in [0.29, 0.717) is 0 Å². The van der Waals surface area contributed by atoms with E-state index in [0.717, 1.165) is 30.3 Å². The van der Waals surface area contributed by atoms with Crippen LogP contribution in [-0.4, -0.2) is 20.9 Å². The van der Waals surface area contributed by atoms with Gasteiger partial charge in [-0.3, -0.25) is 9.52 Å². The van der Waals surface area contributed by atoms with Crippen molar-refractivity contribution in [3.63, 3.8) is 0 Å². The third-order valence-electron chi connectivity index (χ3n) is 2.71. The maximum atomic E-state index is 13.5. The number of rotatable bonds is 6. The molecule has 0 aliphatic rings. The van der Waals surface area contributed by atoms with Gasteiger partial charge in [0.2, 0.25) is 0 Å². The van der Waals surface area contributed by atoms with Crippen LogP contribution in [0.25, 0.3) is 0 Å². The molecule has 2 aromatic carbocycles. The molecule has 3 N–H and O–H groups in total. The van der Waals surface area contributed by atoms with E-state index >= 15 is 0 Å². The van der Waals surface area contributed by atoms with Gasteiger partial charge >= 0.3 is 0 Å². The Morgan fingerprint density at radius 2 is 1.65 bits per heavy atom. The first kappa shape index (κ1) is 16.7. The molecule has 0 aliphatic carbocycles. The number of benzene rings is 2. The standard InChI is InChI=1S/C14H12F2N2O4S/c15-11-2-1-3-12(16)14(11)18-23(20,21)10-6-4-9(5-7-10)22-8-13(17)19/h1-7,18H,8H2,(H2,17,19). The highest BCUT2D eigenvalue weighted by Crippen LogP contribution is 2.23. The summed E-state index contributed by atoms with van der Waals surface area (Å²) in [5, 5.41) is 0. The zero-order valence-electron chi connectivity index (χ0n) is 11.6. The smallest absolute Gasteiger partial charge is 0.262 e. The van der Waals surface area contributed by atoms with Gasteiger partial charge < -0.3 is 10.5 Å². The molecule has 0 fully saturated rings. The van der Waals surface area contributed by atoms with Gasteiger partial charge in [-0.05, 0) is 36.4 Å². The number of nitrogens with one attached hydrogen (secondary N) is 1. The second-order valence-electron chi connectivity index (χ2n) is 4.43. The summed E-state index contributed by atoms with van der Waals surface area (Å²) in [5.41, 5.74) is 4.15. The lowest BCUT2D eigenvalue weighted by Crippen LogP contribution is -2.20. The van der Waals surface area contributed by atoms with E-state index in [2.05, 4.69) is 0 Å². The Labute approximate surface area is 130 Å². The molecule has 122 valence electrons. The van der Waals surface area contributed by atoms with Gasteiger partial charge in [-0.2, -0.15) is 0 Å². The molecule has 2 aromatic rings. The monoisotopic (exact) mass is 342 g/mol. The van der Waals surface area contributed by atoms with E-state index in [4.69, 9.17) is 10.5 Å². The van der Waals surface area contributed by atoms with Crippen LogP contribution < -0.4 is 15.2 Å². The van der Waals surface area contributed by atoms with Crippen molar-refractivity contribution in [1.29, 1.82) is 0 Å². The van der Waals surface area contributed by atoms with Crippen molar-refractivity contribution in [2.75, 3.05) is 11.3 Å². The largest absolute Gasteiger partial charge is 0.484 e. The molecule has 9 heteroatoms. The van der Waals surface area contributed by atoms with Crippen molar-refractivity contribution in [3.8, 4) is 5.75 Å². The Balaban J connectivity index is 2.21. The number of sulfonamides is 1. The molecule has 0 aromatic heterocycles. The summed E-state index contributed by atoms with van der Waals surface area (Å²) in [6, 6.07) is 7.88. The number of amides is 1. The van der Waals surface area contributed by atoms with Crippen molar-refractivity contribution in [2.45, 2.75) is 4.90 Å². The number of nitrogens with two attached hydrogens (primary N) is 1. The lowest BCUT2D eigenvalue weighted by atomic mass is 10.3. The van der Waals surface area contributed by atoms with Crippen molar-refractivity contribution < 1.29 is 26.7 Å². The third kappa shape index (κ3) is 4.16. The first-order chi connectivity index (χ1) is 10.8. The van der Waals surface area contributed by atoms with Gasteiger partial charge in [0.1, 0.15) is 23.1 Å². The van der Waals surface area contributed by atoms with Gasteiger partial charge in [-0.1, -0.05) is 6.07 Å². The number of ether oxygens (including phenoxy) is 1. The first-order valence-electron chi connectivity index (χ1n) is 6.27. The molecule has 2 rings (SSSR count). The summed E-state index contributed by atoms with van der Waals surface area (Å²) in [5.74, 6) is -2.52. The molecule has 0 spiro atoms. The topological polar surface area (TPSA) is 98.5 Å². The number of halogens is 2. The van der Waals surface area contributed by atoms with Gasteiger partial charge in [0.15, 0.2) is 6.61 Å². The van der Waals surface area contributed by atoms with Crippen LogP contribution in [0.5, 0.6) is 5.75 Å². The van der Waals surface area contributed by atoms with E-state index in [1.54, 1.807) is 0 Å². The molecule has 0 saturated heterocycles. The zero-order valence-corrected chi connectivity index (χ0v) is 12.4. The van der Waals surface area contributed by atoms with E-state index in [1.165, 1.54) is 12.1 Å². The summed E-state index contributed by atoms with van der Waals surface area (Å²) in [6.45, 7) is -0.356. The Kier molecular flexibility index (Phi) is 4.80. The lowest BCUT2D eigenvalue weighted by Gasteiger charge is -2.10. The van der Waals surface area contributed by atoms with Crippen LogP contribution >= 0.6 is 0 Å². The van der Waals surface area contributed by atoms with Crippen molar-refractivity contribution in [1.82, 2.24) is 0 Å². The van der Waals surface area contributed by atoms with Gasteiger partial charge in [0.05, 0.1) is 4.90 Å². The molecule has 0 bridgehead atoms. The third-order valence-corrected chi connectivity index (χ3v) is 4.08. The number of carbonyl (C=O) groups excluding carboxylic acids is 1. The Bertz CT molecular complexity index is 803. The molecule has 0 saturated carbocycles. The molecule has 6 nitrogen and oxygen atoms in total. The number of anilines is 1. The Hall–Kier alpha value is -2.68. The second kappa shape index (κ2) is 6.61. The molecule has 0 heterocycles. The quantitative estimate of drug-likeness (QED) is 0.833. The number of primary amides is 1. The molecule has 0 radical (unpaired) electrons. The van der Waals surface area contributed by atoms with Gasteiger partial charge in [0.25, 0.3) is 15.9 Å². The fourth-order valence-corrected chi connectivity index (χ4v) is 2.73. The number of carbonyl (C=O) groups is 1. The van der Waals surface area contributed by atoms with Crippen LogP contribution in [0.1, 0.15) is 0 Å². The zero-order chi connectivity index (χ0) is 17.0. The molecular formula is C14H12F2N2O4S. The Morgan fingerprint density at radius 1 is 1.09 bits per heavy atom. The highest BCUT2D eigenvalue weighted by Gasteiger charge is 2.19. The van der Waals surface area contributed by atoms with E-state index in [1.807, 2.05) is 4.72 Å². The van der Waals surface area contributed by atoms with E-state index in [9.17, 15) is 22.0 Å². The SMILES string of the molecule is NC(=O)COc1ccc(S(=O)(=O)Nc2c(F)cccc2F)cc1. The summed E-state index contributed by atoms with van der Waals surface area (Å²) < 4.78 is 58.1. The van der Waals surface area contributed by atoms with Crippen LogP contribution in [0, 0.1) is 11.6 Å². The maximum absolute atomic E-state index is 13.5. The van der Waals surface area contributed by atoms with E-state index < -0.39 is 33.3 Å². The molecular weight excluding hydrogens is 330 g/mol. The van der Waals surface area contributed by atoms with Gasteiger partial charge in [-0.15, -0.1) is 0 Å². The molecule has 1 amide bonds. The maximum Gasteiger partial charge on any atom is 0.262 e. The van der Waals surface area contributed by atoms with Crippen molar-refractivity contribution in [2.24, 2.45) is 5.73 Å². The fraction of sp³-hybridized carbons (Fsp3) is 0.0714. The summed E-state index contributed by atoms with van der Waals surface area (Å²) in [6.07, 6.45) is 0. The van der Waals surface area contributed by atoms with Gasteiger partial charge in [-0.25, -0.2) is 17.2 Å². The summed E-state index contributed by atoms with van der Waals surface area (Å²) in [7, 11) is -4.18. The second-order valence-corrected chi connectivity index (χ2v) is 6.11. The minimum absolute atomic E-state index is 0.222. The summed E-state index contributed by atoms with van der Waals surface area (Å²) >= 11 is 0. The minimum Gasteiger partial charge on any atom is -0.484 e. The summed E-state index contributed by atoms with van der Waals surface area (Å²) in [4.78, 5) is 10.4. The first-order valence-corrected chi connectivity index (χ1v) is 7.76. The molecule has 0 atom stereocenters. The Morgan fingerprint density at radius 3 is 2.17 bits per heavy atom. The predicted molar refractivity (Wildman–Crippen MR) is 78.3 cm³/mol. The van der Waals surface area contributed by atoms with Crippen LogP contribution in [0.15, 0.2) is 47.4 Å². The number of para-hydroxylation sites is 1. The van der Waals surface area contributed by atoms with E-state index in [-0.39, 0.29) is 17.3 Å². The normalized spacial score (nSPS) is 11.0.